The van der Waals surface area contributed by atoms with Gasteiger partial charge in [-0.05, 0) is 30.9 Å². The molecule has 1 aromatic rings. The summed E-state index contributed by atoms with van der Waals surface area (Å²) in [7, 11) is 1.66. The molecule has 0 saturated heterocycles. The highest BCUT2D eigenvalue weighted by Crippen LogP contribution is 2.24. The SMILES string of the molecule is COCc1ccc(CNC2CCCCC2CO)o1. The molecule has 1 aromatic heterocycles. The predicted molar refractivity (Wildman–Crippen MR) is 69.1 cm³/mol. The lowest BCUT2D eigenvalue weighted by Crippen LogP contribution is -2.39. The van der Waals surface area contributed by atoms with Crippen LogP contribution in [-0.4, -0.2) is 24.9 Å². The van der Waals surface area contributed by atoms with Crippen molar-refractivity contribution < 1.29 is 14.3 Å². The van der Waals surface area contributed by atoms with Crippen LogP contribution in [0.2, 0.25) is 0 Å². The lowest BCUT2D eigenvalue weighted by molar-refractivity contribution is 0.148. The van der Waals surface area contributed by atoms with Gasteiger partial charge in [0.25, 0.3) is 0 Å². The van der Waals surface area contributed by atoms with Crippen molar-refractivity contribution in [1.29, 1.82) is 0 Å². The van der Waals surface area contributed by atoms with Crippen LogP contribution in [0.15, 0.2) is 16.5 Å². The van der Waals surface area contributed by atoms with Gasteiger partial charge in [-0.2, -0.15) is 0 Å². The fourth-order valence-electron chi connectivity index (χ4n) is 2.66. The van der Waals surface area contributed by atoms with Gasteiger partial charge in [-0.25, -0.2) is 0 Å². The highest BCUT2D eigenvalue weighted by molar-refractivity contribution is 5.06. The molecule has 2 rings (SSSR count). The van der Waals surface area contributed by atoms with Crippen LogP contribution in [-0.2, 0) is 17.9 Å². The quantitative estimate of drug-likeness (QED) is 0.815. The van der Waals surface area contributed by atoms with E-state index in [2.05, 4.69) is 5.32 Å². The maximum Gasteiger partial charge on any atom is 0.129 e. The number of methoxy groups -OCH3 is 1. The fourth-order valence-corrected chi connectivity index (χ4v) is 2.66. The molecule has 1 heterocycles. The van der Waals surface area contributed by atoms with Crippen molar-refractivity contribution in [3.8, 4) is 0 Å². The van der Waals surface area contributed by atoms with Crippen molar-refractivity contribution in [1.82, 2.24) is 5.32 Å². The monoisotopic (exact) mass is 253 g/mol. The third-order valence-electron chi connectivity index (χ3n) is 3.69. The molecule has 0 aromatic carbocycles. The maximum absolute atomic E-state index is 9.35. The van der Waals surface area contributed by atoms with E-state index in [4.69, 9.17) is 9.15 Å². The normalized spacial score (nSPS) is 24.3. The van der Waals surface area contributed by atoms with Crippen LogP contribution < -0.4 is 5.32 Å². The lowest BCUT2D eigenvalue weighted by Gasteiger charge is -2.30. The standard InChI is InChI=1S/C14H23NO3/c1-17-10-13-7-6-12(18-13)8-15-14-5-3-2-4-11(14)9-16/h6-7,11,14-16H,2-5,8-10H2,1H3. The molecule has 1 fully saturated rings. The van der Waals surface area contributed by atoms with Crippen molar-refractivity contribution in [3.63, 3.8) is 0 Å². The topological polar surface area (TPSA) is 54.6 Å². The smallest absolute Gasteiger partial charge is 0.129 e. The molecule has 18 heavy (non-hydrogen) atoms. The Labute approximate surface area is 108 Å². The van der Waals surface area contributed by atoms with E-state index >= 15 is 0 Å². The minimum absolute atomic E-state index is 0.282. The summed E-state index contributed by atoms with van der Waals surface area (Å²) in [6.45, 7) is 1.53. The van der Waals surface area contributed by atoms with Crippen LogP contribution in [0.5, 0.6) is 0 Å². The summed E-state index contributed by atoms with van der Waals surface area (Å²) in [4.78, 5) is 0. The Bertz CT molecular complexity index is 351. The number of nitrogens with one attached hydrogen (secondary N) is 1. The van der Waals surface area contributed by atoms with Crippen LogP contribution >= 0.6 is 0 Å². The number of aliphatic hydroxyl groups excluding tert-OH is 1. The fraction of sp³-hybridized carbons (Fsp3) is 0.714. The first-order valence-corrected chi connectivity index (χ1v) is 6.74. The average Bonchev–Trinajstić information content (AvgIpc) is 2.85. The summed E-state index contributed by atoms with van der Waals surface area (Å²) in [5.41, 5.74) is 0. The number of rotatable bonds is 6. The average molecular weight is 253 g/mol. The predicted octanol–water partition coefficient (Wildman–Crippen LogP) is 2.07. The Balaban J connectivity index is 1.81. The molecule has 0 radical (unpaired) electrons. The van der Waals surface area contributed by atoms with E-state index in [0.717, 1.165) is 30.9 Å². The third kappa shape index (κ3) is 3.57. The summed E-state index contributed by atoms with van der Waals surface area (Å²) < 4.78 is 10.7. The molecule has 0 amide bonds. The van der Waals surface area contributed by atoms with E-state index in [1.165, 1.54) is 12.8 Å². The second kappa shape index (κ2) is 6.92. The molecule has 0 aliphatic heterocycles. The van der Waals surface area contributed by atoms with Crippen LogP contribution in [0, 0.1) is 5.92 Å². The zero-order valence-corrected chi connectivity index (χ0v) is 11.0. The maximum atomic E-state index is 9.35. The largest absolute Gasteiger partial charge is 0.462 e. The Kier molecular flexibility index (Phi) is 5.23. The van der Waals surface area contributed by atoms with Gasteiger partial charge in [0, 0.05) is 19.8 Å². The van der Waals surface area contributed by atoms with E-state index in [1.807, 2.05) is 12.1 Å². The molecule has 102 valence electrons. The third-order valence-corrected chi connectivity index (χ3v) is 3.69. The van der Waals surface area contributed by atoms with E-state index in [1.54, 1.807) is 7.11 Å². The summed E-state index contributed by atoms with van der Waals surface area (Å²) in [6.07, 6.45) is 4.77. The Morgan fingerprint density at radius 1 is 1.33 bits per heavy atom. The molecular weight excluding hydrogens is 230 g/mol. The van der Waals surface area contributed by atoms with Crippen molar-refractivity contribution in [2.24, 2.45) is 5.92 Å². The van der Waals surface area contributed by atoms with E-state index in [-0.39, 0.29) is 6.61 Å². The van der Waals surface area contributed by atoms with E-state index in [0.29, 0.717) is 18.6 Å². The highest BCUT2D eigenvalue weighted by atomic mass is 16.5. The molecule has 2 unspecified atom stereocenters. The van der Waals surface area contributed by atoms with Crippen molar-refractivity contribution in [2.45, 2.75) is 44.9 Å². The summed E-state index contributed by atoms with van der Waals surface area (Å²) in [5, 5.41) is 12.9. The lowest BCUT2D eigenvalue weighted by atomic mass is 9.85. The molecule has 1 aliphatic carbocycles. The molecule has 0 bridgehead atoms. The van der Waals surface area contributed by atoms with Gasteiger partial charge in [0.2, 0.25) is 0 Å². The van der Waals surface area contributed by atoms with Crippen LogP contribution in [0.4, 0.5) is 0 Å². The van der Waals surface area contributed by atoms with Gasteiger partial charge >= 0.3 is 0 Å². The Morgan fingerprint density at radius 3 is 2.89 bits per heavy atom. The first-order valence-electron chi connectivity index (χ1n) is 6.74. The van der Waals surface area contributed by atoms with Gasteiger partial charge in [-0.15, -0.1) is 0 Å². The van der Waals surface area contributed by atoms with E-state index in [9.17, 15) is 5.11 Å². The van der Waals surface area contributed by atoms with Gasteiger partial charge in [0.1, 0.15) is 18.1 Å². The second-order valence-corrected chi connectivity index (χ2v) is 5.02. The molecule has 1 saturated carbocycles. The molecule has 4 heteroatoms. The molecule has 0 spiro atoms. The Morgan fingerprint density at radius 2 is 2.11 bits per heavy atom. The number of aliphatic hydroxyl groups is 1. The molecule has 2 N–H and O–H groups in total. The first-order chi connectivity index (χ1) is 8.83. The number of hydrogen-bond donors (Lipinski definition) is 2. The summed E-state index contributed by atoms with van der Waals surface area (Å²) in [6, 6.07) is 4.35. The Hall–Kier alpha value is -0.840. The number of ether oxygens (including phenoxy) is 1. The molecule has 4 nitrogen and oxygen atoms in total. The summed E-state index contributed by atoms with van der Waals surface area (Å²) in [5.74, 6) is 2.19. The van der Waals surface area contributed by atoms with Crippen LogP contribution in [0.25, 0.3) is 0 Å². The highest BCUT2D eigenvalue weighted by Gasteiger charge is 2.23. The van der Waals surface area contributed by atoms with Gasteiger partial charge in [-0.1, -0.05) is 12.8 Å². The van der Waals surface area contributed by atoms with Gasteiger partial charge in [0.15, 0.2) is 0 Å². The summed E-state index contributed by atoms with van der Waals surface area (Å²) >= 11 is 0. The van der Waals surface area contributed by atoms with Crippen molar-refractivity contribution in [3.05, 3.63) is 23.7 Å². The van der Waals surface area contributed by atoms with Crippen molar-refractivity contribution >= 4 is 0 Å². The zero-order chi connectivity index (χ0) is 12.8. The first kappa shape index (κ1) is 13.6. The number of hydrogen-bond acceptors (Lipinski definition) is 4. The minimum Gasteiger partial charge on any atom is -0.462 e. The van der Waals surface area contributed by atoms with Gasteiger partial charge in [0.05, 0.1) is 6.54 Å². The molecular formula is C14H23NO3. The van der Waals surface area contributed by atoms with Gasteiger partial charge in [-0.3, -0.25) is 0 Å². The van der Waals surface area contributed by atoms with Crippen molar-refractivity contribution in [2.75, 3.05) is 13.7 Å². The van der Waals surface area contributed by atoms with Crippen LogP contribution in [0.3, 0.4) is 0 Å². The minimum atomic E-state index is 0.282. The van der Waals surface area contributed by atoms with E-state index < -0.39 is 0 Å². The zero-order valence-electron chi connectivity index (χ0n) is 11.0. The molecule has 2 atom stereocenters. The van der Waals surface area contributed by atoms with Gasteiger partial charge < -0.3 is 19.6 Å². The number of furan rings is 1. The molecule has 1 aliphatic rings. The van der Waals surface area contributed by atoms with Crippen LogP contribution in [0.1, 0.15) is 37.2 Å². The second-order valence-electron chi connectivity index (χ2n) is 5.02.